The first kappa shape index (κ1) is 13.3. The van der Waals surface area contributed by atoms with Crippen LogP contribution >= 0.6 is 23.1 Å². The molecule has 0 spiro atoms. The van der Waals surface area contributed by atoms with Gasteiger partial charge in [-0.2, -0.15) is 0 Å². The molecule has 1 N–H and O–H groups in total. The fourth-order valence-corrected chi connectivity index (χ4v) is 3.20. The minimum atomic E-state index is -0.193. The summed E-state index contributed by atoms with van der Waals surface area (Å²) in [5.74, 6) is 0.400. The monoisotopic (exact) mass is 281 g/mol. The van der Waals surface area contributed by atoms with Crippen LogP contribution < -0.4 is 5.32 Å². The van der Waals surface area contributed by atoms with Crippen molar-refractivity contribution in [2.75, 3.05) is 5.75 Å². The summed E-state index contributed by atoms with van der Waals surface area (Å²) >= 11 is 3.05. The highest BCUT2D eigenvalue weighted by molar-refractivity contribution is 8.00. The summed E-state index contributed by atoms with van der Waals surface area (Å²) in [6.45, 7) is 5.91. The van der Waals surface area contributed by atoms with Crippen molar-refractivity contribution in [3.63, 3.8) is 0 Å². The maximum absolute atomic E-state index is 11.7. The Hall–Kier alpha value is -1.14. The molecular weight excluding hydrogens is 266 g/mol. The van der Waals surface area contributed by atoms with E-state index in [1.807, 2.05) is 32.2 Å². The van der Waals surface area contributed by atoms with Gasteiger partial charge in [0.25, 0.3) is 0 Å². The maximum atomic E-state index is 11.7. The van der Waals surface area contributed by atoms with Gasteiger partial charge in [-0.05, 0) is 32.2 Å². The Morgan fingerprint density at radius 3 is 2.94 bits per heavy atom. The topological polar surface area (TPSA) is 54.9 Å². The minimum absolute atomic E-state index is 0.0239. The van der Waals surface area contributed by atoms with Crippen molar-refractivity contribution in [3.8, 4) is 0 Å². The third-order valence-electron chi connectivity index (χ3n) is 2.06. The minimum Gasteiger partial charge on any atom is -0.351 e. The Balaban J connectivity index is 2.02. The Morgan fingerprint density at radius 1 is 1.44 bits per heavy atom. The van der Waals surface area contributed by atoms with Crippen LogP contribution in [0.3, 0.4) is 0 Å². The molecule has 2 rings (SSSR count). The van der Waals surface area contributed by atoms with Gasteiger partial charge in [0.1, 0.15) is 11.4 Å². The Bertz CT molecular complexity index is 560. The third kappa shape index (κ3) is 3.43. The van der Waals surface area contributed by atoms with E-state index in [0.29, 0.717) is 5.75 Å². The first-order chi connectivity index (χ1) is 8.46. The van der Waals surface area contributed by atoms with Gasteiger partial charge in [-0.25, -0.2) is 9.97 Å². The summed E-state index contributed by atoms with van der Waals surface area (Å²) in [7, 11) is 0. The standard InChI is InChI=1S/C12H15N3OS2/c1-12(2,3)15-9(16)6-18-11-10-8(4-5-17-10)13-7-14-11/h4-5,7H,6H2,1-3H3,(H,15,16). The number of thioether (sulfide) groups is 1. The lowest BCUT2D eigenvalue weighted by molar-refractivity contribution is -0.119. The molecule has 6 heteroatoms. The van der Waals surface area contributed by atoms with Crippen molar-refractivity contribution in [1.82, 2.24) is 15.3 Å². The first-order valence-corrected chi connectivity index (χ1v) is 7.44. The number of amides is 1. The van der Waals surface area contributed by atoms with Crippen LogP contribution in [-0.4, -0.2) is 27.2 Å². The number of hydrogen-bond donors (Lipinski definition) is 1. The number of rotatable bonds is 3. The lowest BCUT2D eigenvalue weighted by Crippen LogP contribution is -2.41. The molecule has 0 saturated carbocycles. The smallest absolute Gasteiger partial charge is 0.230 e. The van der Waals surface area contributed by atoms with Gasteiger partial charge in [0.2, 0.25) is 5.91 Å². The van der Waals surface area contributed by atoms with Crippen LogP contribution in [0.5, 0.6) is 0 Å². The number of carbonyl (C=O) groups excluding carboxylic acids is 1. The quantitative estimate of drug-likeness (QED) is 0.694. The van der Waals surface area contributed by atoms with Gasteiger partial charge in [-0.15, -0.1) is 11.3 Å². The van der Waals surface area contributed by atoms with E-state index in [0.717, 1.165) is 15.2 Å². The summed E-state index contributed by atoms with van der Waals surface area (Å²) in [4.78, 5) is 20.1. The van der Waals surface area contributed by atoms with E-state index in [1.165, 1.54) is 11.8 Å². The maximum Gasteiger partial charge on any atom is 0.230 e. The van der Waals surface area contributed by atoms with E-state index >= 15 is 0 Å². The van der Waals surface area contributed by atoms with Gasteiger partial charge in [-0.3, -0.25) is 4.79 Å². The van der Waals surface area contributed by atoms with Crippen molar-refractivity contribution < 1.29 is 4.79 Å². The highest BCUT2D eigenvalue weighted by atomic mass is 32.2. The van der Waals surface area contributed by atoms with Gasteiger partial charge in [0, 0.05) is 5.54 Å². The molecule has 0 unspecified atom stereocenters. The second-order valence-electron chi connectivity index (χ2n) is 4.90. The molecule has 0 aliphatic rings. The van der Waals surface area contributed by atoms with E-state index in [4.69, 9.17) is 0 Å². The number of nitrogens with zero attached hydrogens (tertiary/aromatic N) is 2. The number of fused-ring (bicyclic) bond motifs is 1. The Labute approximate surface area is 114 Å². The largest absolute Gasteiger partial charge is 0.351 e. The normalized spacial score (nSPS) is 11.7. The average Bonchev–Trinajstić information content (AvgIpc) is 2.72. The highest BCUT2D eigenvalue weighted by Crippen LogP contribution is 2.28. The molecule has 1 amide bonds. The SMILES string of the molecule is CC(C)(C)NC(=O)CSc1ncnc2ccsc12. The van der Waals surface area contributed by atoms with E-state index in [1.54, 1.807) is 17.7 Å². The van der Waals surface area contributed by atoms with Crippen LogP contribution in [0.25, 0.3) is 10.2 Å². The van der Waals surface area contributed by atoms with Crippen molar-refractivity contribution in [2.45, 2.75) is 31.3 Å². The van der Waals surface area contributed by atoms with E-state index in [-0.39, 0.29) is 11.4 Å². The summed E-state index contributed by atoms with van der Waals surface area (Å²) in [5.41, 5.74) is 0.746. The number of nitrogens with one attached hydrogen (secondary N) is 1. The van der Waals surface area contributed by atoms with Crippen LogP contribution in [0.15, 0.2) is 22.8 Å². The Morgan fingerprint density at radius 2 is 2.22 bits per heavy atom. The van der Waals surface area contributed by atoms with Crippen LogP contribution in [0.4, 0.5) is 0 Å². The van der Waals surface area contributed by atoms with Crippen LogP contribution in [-0.2, 0) is 4.79 Å². The fourth-order valence-electron chi connectivity index (χ4n) is 1.46. The van der Waals surface area contributed by atoms with Gasteiger partial charge < -0.3 is 5.32 Å². The Kier molecular flexibility index (Phi) is 3.87. The van der Waals surface area contributed by atoms with Crippen molar-refractivity contribution in [1.29, 1.82) is 0 Å². The zero-order valence-electron chi connectivity index (χ0n) is 10.6. The van der Waals surface area contributed by atoms with E-state index in [2.05, 4.69) is 15.3 Å². The summed E-state index contributed by atoms with van der Waals surface area (Å²) in [6, 6.07) is 1.96. The van der Waals surface area contributed by atoms with Crippen LogP contribution in [0, 0.1) is 0 Å². The molecule has 4 nitrogen and oxygen atoms in total. The molecule has 0 bridgehead atoms. The number of carbonyl (C=O) groups is 1. The molecule has 18 heavy (non-hydrogen) atoms. The van der Waals surface area contributed by atoms with Gasteiger partial charge in [0.15, 0.2) is 0 Å². The molecule has 0 aliphatic heterocycles. The van der Waals surface area contributed by atoms with Crippen molar-refractivity contribution >= 4 is 39.2 Å². The molecule has 2 aromatic heterocycles. The van der Waals surface area contributed by atoms with Crippen molar-refractivity contribution in [2.24, 2.45) is 0 Å². The van der Waals surface area contributed by atoms with Gasteiger partial charge >= 0.3 is 0 Å². The zero-order chi connectivity index (χ0) is 13.2. The molecule has 0 atom stereocenters. The van der Waals surface area contributed by atoms with E-state index in [9.17, 15) is 4.79 Å². The number of aromatic nitrogens is 2. The summed E-state index contributed by atoms with van der Waals surface area (Å²) in [6.07, 6.45) is 1.54. The summed E-state index contributed by atoms with van der Waals surface area (Å²) < 4.78 is 1.05. The lowest BCUT2D eigenvalue weighted by atomic mass is 10.1. The number of hydrogen-bond acceptors (Lipinski definition) is 5. The van der Waals surface area contributed by atoms with Gasteiger partial charge in [0.05, 0.1) is 16.0 Å². The predicted molar refractivity (Wildman–Crippen MR) is 76.0 cm³/mol. The zero-order valence-corrected chi connectivity index (χ0v) is 12.2. The third-order valence-corrected chi connectivity index (χ3v) is 4.09. The van der Waals surface area contributed by atoms with Gasteiger partial charge in [-0.1, -0.05) is 11.8 Å². The van der Waals surface area contributed by atoms with Crippen molar-refractivity contribution in [3.05, 3.63) is 17.8 Å². The summed E-state index contributed by atoms with van der Waals surface area (Å²) in [5, 5.41) is 5.79. The van der Waals surface area contributed by atoms with Crippen LogP contribution in [0.2, 0.25) is 0 Å². The molecule has 0 fully saturated rings. The predicted octanol–water partition coefficient (Wildman–Crippen LogP) is 2.70. The molecule has 0 aliphatic carbocycles. The van der Waals surface area contributed by atoms with E-state index < -0.39 is 0 Å². The molecule has 96 valence electrons. The average molecular weight is 281 g/mol. The molecule has 0 aromatic carbocycles. The molecule has 2 aromatic rings. The molecular formula is C12H15N3OS2. The fraction of sp³-hybridized carbons (Fsp3) is 0.417. The first-order valence-electron chi connectivity index (χ1n) is 5.58. The second-order valence-corrected chi connectivity index (χ2v) is 6.78. The number of thiophene rings is 1. The lowest BCUT2D eigenvalue weighted by Gasteiger charge is -2.20. The molecule has 0 radical (unpaired) electrons. The highest BCUT2D eigenvalue weighted by Gasteiger charge is 2.14. The second kappa shape index (κ2) is 5.24. The molecule has 2 heterocycles. The van der Waals surface area contributed by atoms with Crippen LogP contribution in [0.1, 0.15) is 20.8 Å². The molecule has 0 saturated heterocycles.